The second kappa shape index (κ2) is 11.1. The summed E-state index contributed by atoms with van der Waals surface area (Å²) in [7, 11) is 4.04. The van der Waals surface area contributed by atoms with Crippen molar-refractivity contribution in [3.63, 3.8) is 0 Å². The molecule has 1 aliphatic carbocycles. The number of para-hydroxylation sites is 1. The van der Waals surface area contributed by atoms with E-state index in [1.807, 2.05) is 37.2 Å². The van der Waals surface area contributed by atoms with Gasteiger partial charge in [0, 0.05) is 30.5 Å². The number of hydrogen-bond acceptors (Lipinski definition) is 5. The van der Waals surface area contributed by atoms with Gasteiger partial charge in [-0.05, 0) is 80.9 Å². The van der Waals surface area contributed by atoms with Crippen molar-refractivity contribution in [1.29, 1.82) is 0 Å². The number of hydrogen-bond donors (Lipinski definition) is 2. The van der Waals surface area contributed by atoms with Crippen LogP contribution in [0, 0.1) is 5.92 Å². The summed E-state index contributed by atoms with van der Waals surface area (Å²) >= 11 is 18.7. The normalized spacial score (nSPS) is 18.5. The fourth-order valence-electron chi connectivity index (χ4n) is 4.48. The maximum atomic E-state index is 6.30. The fraction of sp³-hybridized carbons (Fsp3) is 0.440. The van der Waals surface area contributed by atoms with E-state index in [-0.39, 0.29) is 0 Å². The van der Waals surface area contributed by atoms with Gasteiger partial charge in [-0.3, -0.25) is 0 Å². The third kappa shape index (κ3) is 6.02. The van der Waals surface area contributed by atoms with E-state index in [0.717, 1.165) is 54.6 Å². The molecule has 0 atom stereocenters. The zero-order chi connectivity index (χ0) is 23.4. The lowest BCUT2D eigenvalue weighted by Gasteiger charge is -2.29. The molecule has 0 radical (unpaired) electrons. The third-order valence-corrected chi connectivity index (χ3v) is 7.51. The zero-order valence-electron chi connectivity index (χ0n) is 19.0. The van der Waals surface area contributed by atoms with E-state index in [2.05, 4.69) is 16.7 Å². The quantitative estimate of drug-likeness (QED) is 0.271. The van der Waals surface area contributed by atoms with E-state index in [0.29, 0.717) is 33.0 Å². The van der Waals surface area contributed by atoms with Gasteiger partial charge in [-0.2, -0.15) is 4.98 Å². The molecule has 0 saturated heterocycles. The summed E-state index contributed by atoms with van der Waals surface area (Å²) in [5.41, 5.74) is 1.88. The molecule has 0 aliphatic heterocycles. The molecule has 33 heavy (non-hydrogen) atoms. The number of fused-ring (bicyclic) bond motifs is 1. The minimum atomic E-state index is 0.404. The summed E-state index contributed by atoms with van der Waals surface area (Å²) in [5, 5.41) is 10.0. The molecule has 5 nitrogen and oxygen atoms in total. The summed E-state index contributed by atoms with van der Waals surface area (Å²) in [4.78, 5) is 11.6. The van der Waals surface area contributed by atoms with E-state index < -0.39 is 0 Å². The SMILES string of the molecule is CN(C)c1nc(NC2CCC(CNCCc3c(Cl)ccc(Cl)c3Cl)CC2)nc2ccccc12. The Hall–Kier alpha value is -1.79. The molecule has 1 aliphatic rings. The number of halogens is 3. The maximum Gasteiger partial charge on any atom is 0.225 e. The Balaban J connectivity index is 1.26. The van der Waals surface area contributed by atoms with Gasteiger partial charge in [0.1, 0.15) is 5.82 Å². The van der Waals surface area contributed by atoms with Crippen LogP contribution in [0.4, 0.5) is 11.8 Å². The average molecular weight is 507 g/mol. The smallest absolute Gasteiger partial charge is 0.225 e. The number of benzene rings is 2. The summed E-state index contributed by atoms with van der Waals surface area (Å²) in [6.07, 6.45) is 5.36. The van der Waals surface area contributed by atoms with Crippen LogP contribution in [0.3, 0.4) is 0 Å². The van der Waals surface area contributed by atoms with E-state index in [4.69, 9.17) is 44.8 Å². The van der Waals surface area contributed by atoms with Crippen molar-refractivity contribution in [2.24, 2.45) is 5.92 Å². The van der Waals surface area contributed by atoms with Crippen molar-refractivity contribution in [2.45, 2.75) is 38.1 Å². The van der Waals surface area contributed by atoms with Gasteiger partial charge in [0.25, 0.3) is 0 Å². The van der Waals surface area contributed by atoms with Crippen LogP contribution in [0.15, 0.2) is 36.4 Å². The second-order valence-corrected chi connectivity index (χ2v) is 10.1. The monoisotopic (exact) mass is 505 g/mol. The van der Waals surface area contributed by atoms with Crippen LogP contribution in [0.2, 0.25) is 15.1 Å². The first kappa shape index (κ1) is 24.3. The van der Waals surface area contributed by atoms with Crippen LogP contribution in [0.5, 0.6) is 0 Å². The fourth-order valence-corrected chi connectivity index (χ4v) is 5.21. The number of rotatable bonds is 8. The molecule has 0 unspecified atom stereocenters. The van der Waals surface area contributed by atoms with E-state index in [9.17, 15) is 0 Å². The molecule has 1 heterocycles. The molecule has 3 aromatic rings. The van der Waals surface area contributed by atoms with Crippen molar-refractivity contribution in [1.82, 2.24) is 15.3 Å². The standard InChI is InChI=1S/C25H30Cl3N5/c1-33(2)24-19-5-3-4-6-22(19)31-25(32-24)30-17-9-7-16(8-10-17)15-29-14-13-18-20(26)11-12-21(27)23(18)28/h3-6,11-12,16-17,29H,7-10,13-15H2,1-2H3,(H,30,31,32). The van der Waals surface area contributed by atoms with E-state index >= 15 is 0 Å². The van der Waals surface area contributed by atoms with Gasteiger partial charge in [-0.15, -0.1) is 0 Å². The van der Waals surface area contributed by atoms with E-state index in [1.54, 1.807) is 12.1 Å². The van der Waals surface area contributed by atoms with Crippen molar-refractivity contribution < 1.29 is 0 Å². The molecular formula is C25H30Cl3N5. The second-order valence-electron chi connectivity index (χ2n) is 8.92. The first-order valence-corrected chi connectivity index (χ1v) is 12.6. The lowest BCUT2D eigenvalue weighted by atomic mass is 9.86. The third-order valence-electron chi connectivity index (χ3n) is 6.31. The Morgan fingerprint density at radius 1 is 0.939 bits per heavy atom. The maximum absolute atomic E-state index is 6.30. The highest BCUT2D eigenvalue weighted by atomic mass is 35.5. The highest BCUT2D eigenvalue weighted by Gasteiger charge is 2.22. The average Bonchev–Trinajstić information content (AvgIpc) is 2.81. The van der Waals surface area contributed by atoms with Crippen LogP contribution < -0.4 is 15.5 Å². The van der Waals surface area contributed by atoms with Crippen LogP contribution >= 0.6 is 34.8 Å². The van der Waals surface area contributed by atoms with Gasteiger partial charge in [-0.1, -0.05) is 46.9 Å². The molecule has 1 aromatic heterocycles. The summed E-state index contributed by atoms with van der Waals surface area (Å²) < 4.78 is 0. The zero-order valence-corrected chi connectivity index (χ0v) is 21.3. The number of aromatic nitrogens is 2. The van der Waals surface area contributed by atoms with Gasteiger partial charge in [0.2, 0.25) is 5.95 Å². The molecule has 8 heteroatoms. The topological polar surface area (TPSA) is 53.1 Å². The van der Waals surface area contributed by atoms with Crippen molar-refractivity contribution in [2.75, 3.05) is 37.4 Å². The van der Waals surface area contributed by atoms with Crippen molar-refractivity contribution in [3.05, 3.63) is 57.0 Å². The summed E-state index contributed by atoms with van der Waals surface area (Å²) in [6.45, 7) is 1.83. The van der Waals surface area contributed by atoms with Crippen molar-refractivity contribution in [3.8, 4) is 0 Å². The number of nitrogens with one attached hydrogen (secondary N) is 2. The van der Waals surface area contributed by atoms with E-state index in [1.165, 1.54) is 12.8 Å². The largest absolute Gasteiger partial charge is 0.362 e. The molecular weight excluding hydrogens is 477 g/mol. The van der Waals surface area contributed by atoms with Gasteiger partial charge < -0.3 is 15.5 Å². The molecule has 1 saturated carbocycles. The Labute approximate surface area is 210 Å². The lowest BCUT2D eigenvalue weighted by Crippen LogP contribution is -2.32. The number of anilines is 2. The predicted octanol–water partition coefficient (Wildman–Crippen LogP) is 6.46. The molecule has 0 bridgehead atoms. The van der Waals surface area contributed by atoms with Gasteiger partial charge >= 0.3 is 0 Å². The number of nitrogens with zero attached hydrogens (tertiary/aromatic N) is 3. The summed E-state index contributed by atoms with van der Waals surface area (Å²) in [6, 6.07) is 12.1. The summed E-state index contributed by atoms with van der Waals surface area (Å²) in [5.74, 6) is 2.33. The van der Waals surface area contributed by atoms with Crippen LogP contribution in [-0.2, 0) is 6.42 Å². The van der Waals surface area contributed by atoms with Gasteiger partial charge in [0.05, 0.1) is 15.6 Å². The predicted molar refractivity (Wildman–Crippen MR) is 141 cm³/mol. The Kier molecular flexibility index (Phi) is 8.18. The Morgan fingerprint density at radius 2 is 1.67 bits per heavy atom. The molecule has 0 amide bonds. The van der Waals surface area contributed by atoms with Crippen molar-refractivity contribution >= 4 is 57.5 Å². The van der Waals surface area contributed by atoms with Crippen LogP contribution in [-0.4, -0.2) is 43.2 Å². The molecule has 2 N–H and O–H groups in total. The van der Waals surface area contributed by atoms with Crippen LogP contribution in [0.25, 0.3) is 10.9 Å². The highest BCUT2D eigenvalue weighted by molar-refractivity contribution is 6.44. The molecule has 0 spiro atoms. The molecule has 1 fully saturated rings. The molecule has 2 aromatic carbocycles. The first-order valence-electron chi connectivity index (χ1n) is 11.5. The minimum absolute atomic E-state index is 0.404. The van der Waals surface area contributed by atoms with Gasteiger partial charge in [0.15, 0.2) is 0 Å². The molecule has 4 rings (SSSR count). The lowest BCUT2D eigenvalue weighted by molar-refractivity contribution is 0.325. The Morgan fingerprint density at radius 3 is 2.42 bits per heavy atom. The Bertz CT molecular complexity index is 1100. The van der Waals surface area contributed by atoms with Gasteiger partial charge in [-0.25, -0.2) is 4.98 Å². The van der Waals surface area contributed by atoms with Crippen LogP contribution in [0.1, 0.15) is 31.2 Å². The first-order chi connectivity index (χ1) is 15.9. The highest BCUT2D eigenvalue weighted by Crippen LogP contribution is 2.32. The minimum Gasteiger partial charge on any atom is -0.362 e. The molecule has 176 valence electrons.